The standard InChI is InChI=1S/C15H13ClF3N/c1-9(11-3-5-13(17)15(19)7-11)20-8-10-2-4-12(16)14(18)6-10/h2-7,9,20H,8H2,1H3. The summed E-state index contributed by atoms with van der Waals surface area (Å²) >= 11 is 5.60. The summed E-state index contributed by atoms with van der Waals surface area (Å²) in [5.74, 6) is -2.24. The lowest BCUT2D eigenvalue weighted by Gasteiger charge is -2.14. The van der Waals surface area contributed by atoms with Crippen molar-refractivity contribution in [3.63, 3.8) is 0 Å². The monoisotopic (exact) mass is 299 g/mol. The highest BCUT2D eigenvalue weighted by atomic mass is 35.5. The van der Waals surface area contributed by atoms with Crippen LogP contribution in [0.5, 0.6) is 0 Å². The molecule has 1 unspecified atom stereocenters. The van der Waals surface area contributed by atoms with E-state index in [1.165, 1.54) is 18.2 Å². The summed E-state index contributed by atoms with van der Waals surface area (Å²) in [7, 11) is 0. The first-order chi connectivity index (χ1) is 9.47. The number of halogens is 4. The minimum atomic E-state index is -0.881. The molecule has 5 heteroatoms. The zero-order valence-corrected chi connectivity index (χ0v) is 11.5. The van der Waals surface area contributed by atoms with E-state index in [4.69, 9.17) is 11.6 Å². The molecule has 0 aromatic heterocycles. The molecular weight excluding hydrogens is 287 g/mol. The third-order valence-corrected chi connectivity index (χ3v) is 3.35. The highest BCUT2D eigenvalue weighted by Crippen LogP contribution is 2.18. The normalized spacial score (nSPS) is 12.4. The molecule has 0 aliphatic rings. The number of hydrogen-bond donors (Lipinski definition) is 1. The molecule has 0 saturated carbocycles. The second kappa shape index (κ2) is 6.29. The van der Waals surface area contributed by atoms with Gasteiger partial charge in [-0.25, -0.2) is 13.2 Å². The van der Waals surface area contributed by atoms with Crippen LogP contribution >= 0.6 is 11.6 Å². The molecule has 106 valence electrons. The van der Waals surface area contributed by atoms with Crippen LogP contribution in [-0.4, -0.2) is 0 Å². The molecule has 0 bridgehead atoms. The van der Waals surface area contributed by atoms with Gasteiger partial charge in [0.25, 0.3) is 0 Å². The average Bonchev–Trinajstić information content (AvgIpc) is 2.43. The average molecular weight is 300 g/mol. The van der Waals surface area contributed by atoms with Gasteiger partial charge in [-0.1, -0.05) is 23.7 Å². The Balaban J connectivity index is 2.02. The largest absolute Gasteiger partial charge is 0.306 e. The van der Waals surface area contributed by atoms with Crippen molar-refractivity contribution in [1.29, 1.82) is 0 Å². The Hall–Kier alpha value is -1.52. The second-order valence-corrected chi connectivity index (χ2v) is 4.93. The molecule has 2 rings (SSSR count). The van der Waals surface area contributed by atoms with Crippen molar-refractivity contribution >= 4 is 11.6 Å². The molecule has 1 N–H and O–H groups in total. The predicted molar refractivity (Wildman–Crippen MR) is 73.0 cm³/mol. The van der Waals surface area contributed by atoms with Crippen molar-refractivity contribution < 1.29 is 13.2 Å². The number of hydrogen-bond acceptors (Lipinski definition) is 1. The van der Waals surface area contributed by atoms with Gasteiger partial charge in [0.15, 0.2) is 11.6 Å². The molecule has 1 atom stereocenters. The van der Waals surface area contributed by atoms with Gasteiger partial charge in [0.1, 0.15) is 5.82 Å². The summed E-state index contributed by atoms with van der Waals surface area (Å²) in [6.07, 6.45) is 0. The van der Waals surface area contributed by atoms with Crippen LogP contribution < -0.4 is 5.32 Å². The summed E-state index contributed by atoms with van der Waals surface area (Å²) in [5.41, 5.74) is 1.35. The van der Waals surface area contributed by atoms with E-state index in [0.717, 1.165) is 17.7 Å². The molecule has 2 aromatic rings. The number of rotatable bonds is 4. The van der Waals surface area contributed by atoms with Crippen molar-refractivity contribution in [1.82, 2.24) is 5.32 Å². The van der Waals surface area contributed by atoms with Crippen molar-refractivity contribution in [3.8, 4) is 0 Å². The first kappa shape index (κ1) is 14.9. The third kappa shape index (κ3) is 3.52. The van der Waals surface area contributed by atoms with Gasteiger partial charge >= 0.3 is 0 Å². The van der Waals surface area contributed by atoms with E-state index in [9.17, 15) is 13.2 Å². The van der Waals surface area contributed by atoms with E-state index in [1.54, 1.807) is 6.07 Å². The molecular formula is C15H13ClF3N. The molecule has 2 aromatic carbocycles. The van der Waals surface area contributed by atoms with Crippen LogP contribution in [0.2, 0.25) is 5.02 Å². The van der Waals surface area contributed by atoms with Gasteiger partial charge in [0.05, 0.1) is 5.02 Å². The lowest BCUT2D eigenvalue weighted by Crippen LogP contribution is -2.18. The fraction of sp³-hybridized carbons (Fsp3) is 0.200. The van der Waals surface area contributed by atoms with E-state index in [-0.39, 0.29) is 11.1 Å². The molecule has 0 aliphatic heterocycles. The van der Waals surface area contributed by atoms with Crippen LogP contribution in [0.25, 0.3) is 0 Å². The van der Waals surface area contributed by atoms with Gasteiger partial charge in [-0.05, 0) is 42.3 Å². The summed E-state index contributed by atoms with van der Waals surface area (Å²) < 4.78 is 39.3. The summed E-state index contributed by atoms with van der Waals surface area (Å²) in [6.45, 7) is 2.22. The molecule has 0 spiro atoms. The van der Waals surface area contributed by atoms with Gasteiger partial charge in [-0.3, -0.25) is 0 Å². The Labute approximate surface area is 120 Å². The zero-order valence-electron chi connectivity index (χ0n) is 10.8. The second-order valence-electron chi connectivity index (χ2n) is 4.52. The van der Waals surface area contributed by atoms with Crippen LogP contribution in [0.3, 0.4) is 0 Å². The molecule has 0 radical (unpaired) electrons. The molecule has 1 nitrogen and oxygen atoms in total. The van der Waals surface area contributed by atoms with Crippen molar-refractivity contribution in [3.05, 3.63) is 70.0 Å². The highest BCUT2D eigenvalue weighted by molar-refractivity contribution is 6.30. The Morgan fingerprint density at radius 2 is 1.75 bits per heavy atom. The van der Waals surface area contributed by atoms with Crippen LogP contribution in [0.4, 0.5) is 13.2 Å². The quantitative estimate of drug-likeness (QED) is 0.869. The first-order valence-electron chi connectivity index (χ1n) is 6.09. The number of nitrogens with one attached hydrogen (secondary N) is 1. The highest BCUT2D eigenvalue weighted by Gasteiger charge is 2.09. The van der Waals surface area contributed by atoms with Gasteiger partial charge < -0.3 is 5.32 Å². The lowest BCUT2D eigenvalue weighted by molar-refractivity contribution is 0.500. The molecule has 0 heterocycles. The predicted octanol–water partition coefficient (Wildman–Crippen LogP) is 4.61. The third-order valence-electron chi connectivity index (χ3n) is 3.04. The van der Waals surface area contributed by atoms with Crippen LogP contribution in [0, 0.1) is 17.5 Å². The van der Waals surface area contributed by atoms with Crippen LogP contribution in [0.1, 0.15) is 24.1 Å². The maximum Gasteiger partial charge on any atom is 0.159 e. The van der Waals surface area contributed by atoms with E-state index in [2.05, 4.69) is 5.32 Å². The van der Waals surface area contributed by atoms with Gasteiger partial charge in [-0.2, -0.15) is 0 Å². The van der Waals surface area contributed by atoms with E-state index < -0.39 is 17.5 Å². The Morgan fingerprint density at radius 3 is 2.40 bits per heavy atom. The summed E-state index contributed by atoms with van der Waals surface area (Å²) in [5, 5.41) is 3.18. The topological polar surface area (TPSA) is 12.0 Å². The van der Waals surface area contributed by atoms with E-state index >= 15 is 0 Å². The van der Waals surface area contributed by atoms with Gasteiger partial charge in [0.2, 0.25) is 0 Å². The van der Waals surface area contributed by atoms with Crippen molar-refractivity contribution in [2.75, 3.05) is 0 Å². The summed E-state index contributed by atoms with van der Waals surface area (Å²) in [4.78, 5) is 0. The summed E-state index contributed by atoms with van der Waals surface area (Å²) in [6, 6.07) is 8.09. The molecule has 20 heavy (non-hydrogen) atoms. The van der Waals surface area contributed by atoms with Crippen molar-refractivity contribution in [2.45, 2.75) is 19.5 Å². The smallest absolute Gasteiger partial charge is 0.159 e. The van der Waals surface area contributed by atoms with Crippen LogP contribution in [0.15, 0.2) is 36.4 Å². The Bertz CT molecular complexity index is 616. The fourth-order valence-corrected chi connectivity index (χ4v) is 1.94. The number of benzene rings is 2. The molecule has 0 saturated heterocycles. The fourth-order valence-electron chi connectivity index (χ4n) is 1.82. The minimum absolute atomic E-state index is 0.0717. The van der Waals surface area contributed by atoms with Crippen molar-refractivity contribution in [2.24, 2.45) is 0 Å². The molecule has 0 amide bonds. The molecule has 0 fully saturated rings. The van der Waals surface area contributed by atoms with Gasteiger partial charge in [-0.15, -0.1) is 0 Å². The Kier molecular flexibility index (Phi) is 4.68. The Morgan fingerprint density at radius 1 is 1.00 bits per heavy atom. The van der Waals surface area contributed by atoms with E-state index in [0.29, 0.717) is 12.1 Å². The van der Waals surface area contributed by atoms with Crippen LogP contribution in [-0.2, 0) is 6.54 Å². The van der Waals surface area contributed by atoms with Gasteiger partial charge in [0, 0.05) is 12.6 Å². The first-order valence-corrected chi connectivity index (χ1v) is 6.47. The maximum absolute atomic E-state index is 13.3. The van der Waals surface area contributed by atoms with E-state index in [1.807, 2.05) is 6.92 Å². The SMILES string of the molecule is CC(NCc1ccc(Cl)c(F)c1)c1ccc(F)c(F)c1. The lowest BCUT2D eigenvalue weighted by atomic mass is 10.1. The zero-order chi connectivity index (χ0) is 14.7. The minimum Gasteiger partial charge on any atom is -0.306 e. The maximum atomic E-state index is 13.3. The molecule has 0 aliphatic carbocycles.